The van der Waals surface area contributed by atoms with Crippen molar-refractivity contribution < 1.29 is 51.3 Å². The van der Waals surface area contributed by atoms with Crippen molar-refractivity contribution in [1.29, 1.82) is 0 Å². The normalized spacial score (nSPS) is 16.2. The highest BCUT2D eigenvalue weighted by Gasteiger charge is 2.38. The van der Waals surface area contributed by atoms with Crippen LogP contribution in [0, 0.1) is 11.6 Å². The number of alkyl halides is 3. The van der Waals surface area contributed by atoms with E-state index in [2.05, 4.69) is 5.32 Å². The lowest BCUT2D eigenvalue weighted by Crippen LogP contribution is -2.32. The van der Waals surface area contributed by atoms with E-state index in [1.165, 1.54) is 23.9 Å². The minimum absolute atomic E-state index is 0.112. The van der Waals surface area contributed by atoms with Crippen LogP contribution in [0.4, 0.5) is 22.0 Å². The molecule has 1 aliphatic rings. The van der Waals surface area contributed by atoms with Crippen LogP contribution in [0.25, 0.3) is 11.1 Å². The molecule has 0 atom stereocenters. The minimum Gasteiger partial charge on any atom is -0.489 e. The van der Waals surface area contributed by atoms with Crippen LogP contribution in [-0.2, 0) is 16.2 Å². The molecule has 242 valence electrons. The number of hydrogen-bond donors (Lipinski definition) is 4. The summed E-state index contributed by atoms with van der Waals surface area (Å²) in [6, 6.07) is 15.0. The van der Waals surface area contributed by atoms with Crippen LogP contribution >= 0.6 is 11.8 Å². The third-order valence-electron chi connectivity index (χ3n) is 7.07. The van der Waals surface area contributed by atoms with Gasteiger partial charge in [-0.25, -0.2) is 13.6 Å². The number of carboxylic acids is 2. The van der Waals surface area contributed by atoms with Crippen LogP contribution in [0.15, 0.2) is 59.5 Å². The molecule has 1 saturated carbocycles. The Bertz CT molecular complexity index is 1510. The van der Waals surface area contributed by atoms with Gasteiger partial charge < -0.3 is 26.0 Å². The zero-order chi connectivity index (χ0) is 33.3. The van der Waals surface area contributed by atoms with E-state index in [1.54, 1.807) is 42.7 Å². The van der Waals surface area contributed by atoms with Gasteiger partial charge in [0.1, 0.15) is 18.9 Å². The smallest absolute Gasteiger partial charge is 0.489 e. The number of ether oxygens (including phenoxy) is 1. The van der Waals surface area contributed by atoms with E-state index in [0.717, 1.165) is 42.4 Å². The number of carbonyl (C=O) groups is 3. The largest absolute Gasteiger partial charge is 0.490 e. The van der Waals surface area contributed by atoms with Crippen molar-refractivity contribution in [1.82, 2.24) is 5.32 Å². The molecule has 0 heterocycles. The lowest BCUT2D eigenvalue weighted by atomic mass is 9.78. The van der Waals surface area contributed by atoms with Crippen molar-refractivity contribution in [2.45, 2.75) is 55.3 Å². The quantitative estimate of drug-likeness (QED) is 0.154. The molecule has 0 aliphatic heterocycles. The summed E-state index contributed by atoms with van der Waals surface area (Å²) >= 11 is 1.34. The maximum absolute atomic E-state index is 13.9. The molecular weight excluding hydrogens is 623 g/mol. The summed E-state index contributed by atoms with van der Waals surface area (Å²) < 4.78 is 65.4. The Morgan fingerprint density at radius 1 is 0.978 bits per heavy atom. The Hall–Kier alpha value is -4.17. The van der Waals surface area contributed by atoms with Crippen molar-refractivity contribution in [3.63, 3.8) is 0 Å². The van der Waals surface area contributed by atoms with Crippen molar-refractivity contribution in [2.24, 2.45) is 5.73 Å². The molecule has 8 nitrogen and oxygen atoms in total. The number of hydrogen-bond acceptors (Lipinski definition) is 6. The monoisotopic (exact) mass is 654 g/mol. The van der Waals surface area contributed by atoms with E-state index in [4.69, 9.17) is 25.5 Å². The average molecular weight is 655 g/mol. The second kappa shape index (κ2) is 15.7. The third-order valence-corrected chi connectivity index (χ3v) is 7.84. The maximum Gasteiger partial charge on any atom is 0.490 e. The molecule has 0 spiro atoms. The van der Waals surface area contributed by atoms with Crippen LogP contribution in [0.5, 0.6) is 5.75 Å². The fraction of sp³-hybridized carbons (Fsp3) is 0.323. The fourth-order valence-electron chi connectivity index (χ4n) is 4.89. The van der Waals surface area contributed by atoms with Crippen LogP contribution in [0.1, 0.15) is 53.1 Å². The molecule has 5 N–H and O–H groups in total. The van der Waals surface area contributed by atoms with Crippen molar-refractivity contribution in [2.75, 3.05) is 12.8 Å². The molecule has 0 aromatic heterocycles. The van der Waals surface area contributed by atoms with Crippen LogP contribution in [-0.4, -0.2) is 53.1 Å². The van der Waals surface area contributed by atoms with E-state index in [0.29, 0.717) is 21.8 Å². The molecule has 0 unspecified atom stereocenters. The number of amides is 1. The number of thioether (sulfide) groups is 1. The van der Waals surface area contributed by atoms with Crippen molar-refractivity contribution >= 4 is 29.6 Å². The fourth-order valence-corrected chi connectivity index (χ4v) is 5.51. The number of carbonyl (C=O) groups excluding carboxylic acids is 1. The predicted molar refractivity (Wildman–Crippen MR) is 157 cm³/mol. The minimum atomic E-state index is -5.08. The van der Waals surface area contributed by atoms with E-state index in [-0.39, 0.29) is 18.6 Å². The van der Waals surface area contributed by atoms with Gasteiger partial charge in [0.2, 0.25) is 0 Å². The molecule has 3 aromatic carbocycles. The van der Waals surface area contributed by atoms with Gasteiger partial charge in [-0.15, -0.1) is 11.8 Å². The predicted octanol–water partition coefficient (Wildman–Crippen LogP) is 6.37. The first-order chi connectivity index (χ1) is 21.2. The summed E-state index contributed by atoms with van der Waals surface area (Å²) in [7, 11) is 0. The van der Waals surface area contributed by atoms with Gasteiger partial charge in [-0.2, -0.15) is 13.2 Å². The Labute approximate surface area is 259 Å². The standard InChI is InChI=1S/C29H30F2N2O4S.C2HF3O2/c1-38-26-14-25(31)24(30)13-23(26)17-7-11-21(12-8-17)37-16-19-3-2-4-22(29(36)33-15-27(34)35)28(19)18-5-9-20(32)10-6-18;3-2(4,5)1(6)7/h2-4,7-8,11-14,18,20H,5-6,9-10,15-16,32H2,1H3,(H,33,36)(H,34,35);(H,6,7). The van der Waals surface area contributed by atoms with Gasteiger partial charge in [-0.1, -0.05) is 24.3 Å². The number of benzene rings is 3. The lowest BCUT2D eigenvalue weighted by molar-refractivity contribution is -0.192. The molecule has 1 amide bonds. The summed E-state index contributed by atoms with van der Waals surface area (Å²) in [5.74, 6) is -5.39. The molecule has 0 saturated heterocycles. The van der Waals surface area contributed by atoms with E-state index in [9.17, 15) is 31.5 Å². The SMILES string of the molecule is CSc1cc(F)c(F)cc1-c1ccc(OCc2cccc(C(=O)NCC(=O)O)c2C2CCC(N)CC2)cc1.O=C(O)C(F)(F)F. The van der Waals surface area contributed by atoms with Crippen molar-refractivity contribution in [3.05, 3.63) is 82.9 Å². The van der Waals surface area contributed by atoms with Crippen molar-refractivity contribution in [3.8, 4) is 16.9 Å². The number of rotatable bonds is 9. The average Bonchev–Trinajstić information content (AvgIpc) is 3.00. The molecule has 3 aromatic rings. The summed E-state index contributed by atoms with van der Waals surface area (Å²) in [6.07, 6.45) is 0.0799. The number of nitrogens with two attached hydrogens (primary N) is 1. The number of nitrogens with one attached hydrogen (secondary N) is 1. The topological polar surface area (TPSA) is 139 Å². The highest BCUT2D eigenvalue weighted by atomic mass is 32.2. The molecule has 45 heavy (non-hydrogen) atoms. The van der Waals surface area contributed by atoms with Gasteiger partial charge in [0, 0.05) is 16.5 Å². The van der Waals surface area contributed by atoms with Crippen LogP contribution in [0.2, 0.25) is 0 Å². The zero-order valence-corrected chi connectivity index (χ0v) is 24.8. The Kier molecular flexibility index (Phi) is 12.3. The summed E-state index contributed by atoms with van der Waals surface area (Å²) in [5.41, 5.74) is 9.60. The van der Waals surface area contributed by atoms with Gasteiger partial charge in [-0.05, 0) is 90.4 Å². The highest BCUT2D eigenvalue weighted by Crippen LogP contribution is 2.37. The third kappa shape index (κ3) is 9.91. The molecule has 0 bridgehead atoms. The summed E-state index contributed by atoms with van der Waals surface area (Å²) in [5, 5.41) is 18.6. The Balaban J connectivity index is 0.000000707. The summed E-state index contributed by atoms with van der Waals surface area (Å²) in [6.45, 7) is -0.254. The first-order valence-corrected chi connectivity index (χ1v) is 14.9. The zero-order valence-electron chi connectivity index (χ0n) is 24.0. The van der Waals surface area contributed by atoms with Gasteiger partial charge in [0.05, 0.1) is 0 Å². The second-order valence-corrected chi connectivity index (χ2v) is 11.0. The van der Waals surface area contributed by atoms with E-state index in [1.807, 2.05) is 6.07 Å². The first-order valence-electron chi connectivity index (χ1n) is 13.6. The van der Waals surface area contributed by atoms with Gasteiger partial charge in [0.15, 0.2) is 11.6 Å². The maximum atomic E-state index is 13.9. The number of halogens is 5. The highest BCUT2D eigenvalue weighted by molar-refractivity contribution is 7.98. The molecule has 4 rings (SSSR count). The molecule has 0 radical (unpaired) electrons. The molecule has 1 aliphatic carbocycles. The summed E-state index contributed by atoms with van der Waals surface area (Å²) in [4.78, 5) is 33.4. The molecule has 14 heteroatoms. The second-order valence-electron chi connectivity index (χ2n) is 10.1. The first kappa shape index (κ1) is 35.3. The van der Waals surface area contributed by atoms with Crippen LogP contribution in [0.3, 0.4) is 0 Å². The molecule has 1 fully saturated rings. The van der Waals surface area contributed by atoms with E-state index < -0.39 is 42.2 Å². The van der Waals surface area contributed by atoms with Crippen LogP contribution < -0.4 is 15.8 Å². The lowest BCUT2D eigenvalue weighted by Gasteiger charge is -2.29. The van der Waals surface area contributed by atoms with Gasteiger partial charge in [-0.3, -0.25) is 9.59 Å². The number of aliphatic carboxylic acids is 2. The number of carboxylic acid groups (broad SMARTS) is 2. The molecular formula is C31H31F5N2O6S. The Morgan fingerprint density at radius 2 is 1.58 bits per heavy atom. The van der Waals surface area contributed by atoms with Gasteiger partial charge in [0.25, 0.3) is 5.91 Å². The van der Waals surface area contributed by atoms with E-state index >= 15 is 0 Å². The van der Waals surface area contributed by atoms with Gasteiger partial charge >= 0.3 is 18.1 Å². The Morgan fingerprint density at radius 3 is 2.13 bits per heavy atom.